The fourth-order valence-electron chi connectivity index (χ4n) is 5.17. The summed E-state index contributed by atoms with van der Waals surface area (Å²) < 4.78 is 5.51. The molecule has 182 valence electrons. The van der Waals surface area contributed by atoms with E-state index in [1.807, 2.05) is 47.4 Å². The van der Waals surface area contributed by atoms with Gasteiger partial charge in [-0.25, -0.2) is 0 Å². The molecule has 0 N–H and O–H groups in total. The van der Waals surface area contributed by atoms with E-state index in [2.05, 4.69) is 45.1 Å². The lowest BCUT2D eigenvalue weighted by Gasteiger charge is -2.39. The minimum Gasteiger partial charge on any atom is -0.495 e. The highest BCUT2D eigenvalue weighted by Gasteiger charge is 2.31. The molecule has 35 heavy (non-hydrogen) atoms. The van der Waals surface area contributed by atoms with E-state index < -0.39 is 0 Å². The van der Waals surface area contributed by atoms with E-state index in [-0.39, 0.29) is 5.92 Å². The number of ether oxygens (including phenoxy) is 1. The largest absolute Gasteiger partial charge is 0.495 e. The van der Waals surface area contributed by atoms with Crippen LogP contribution in [0.1, 0.15) is 18.4 Å². The Bertz CT molecular complexity index is 1150. The molecule has 5 rings (SSSR count). The number of rotatable bonds is 5. The molecule has 2 aromatic carbocycles. The molecule has 0 radical (unpaired) electrons. The Morgan fingerprint density at radius 1 is 0.829 bits per heavy atom. The number of carbonyl (C=O) groups is 1. The number of amides is 1. The Kier molecular flexibility index (Phi) is 6.84. The van der Waals surface area contributed by atoms with Crippen molar-refractivity contribution in [2.24, 2.45) is 5.92 Å². The summed E-state index contributed by atoms with van der Waals surface area (Å²) in [4.78, 5) is 19.8. The van der Waals surface area contributed by atoms with Crippen molar-refractivity contribution in [1.82, 2.24) is 15.1 Å². The molecule has 1 amide bonds. The molecule has 0 spiro atoms. The van der Waals surface area contributed by atoms with Gasteiger partial charge in [-0.3, -0.25) is 4.79 Å². The standard InChI is InChI=1S/C28H33N5O2/c1-21-7-3-4-8-23(21)24-11-12-27(30-29-24)32-15-13-22(14-16-32)28(34)33-19-17-31(18-20-33)25-9-5-6-10-26(25)35-2/h3-12,22H,13-20H2,1-2H3. The third-order valence-corrected chi connectivity index (χ3v) is 7.26. The maximum atomic E-state index is 13.2. The number of piperidine rings is 1. The number of para-hydroxylation sites is 2. The maximum absolute atomic E-state index is 13.2. The fourth-order valence-corrected chi connectivity index (χ4v) is 5.17. The van der Waals surface area contributed by atoms with Crippen LogP contribution in [0.2, 0.25) is 0 Å². The van der Waals surface area contributed by atoms with Crippen LogP contribution in [0, 0.1) is 12.8 Å². The number of nitrogens with zero attached hydrogens (tertiary/aromatic N) is 5. The van der Waals surface area contributed by atoms with Crippen LogP contribution in [-0.4, -0.2) is 67.4 Å². The summed E-state index contributed by atoms with van der Waals surface area (Å²) in [6, 6.07) is 20.4. The van der Waals surface area contributed by atoms with Gasteiger partial charge in [-0.1, -0.05) is 36.4 Å². The first-order chi connectivity index (χ1) is 17.1. The van der Waals surface area contributed by atoms with Crippen molar-refractivity contribution in [1.29, 1.82) is 0 Å². The second kappa shape index (κ2) is 10.3. The first-order valence-electron chi connectivity index (χ1n) is 12.5. The molecule has 2 fully saturated rings. The van der Waals surface area contributed by atoms with E-state index in [9.17, 15) is 4.79 Å². The molecule has 3 aromatic rings. The quantitative estimate of drug-likeness (QED) is 0.560. The topological polar surface area (TPSA) is 61.8 Å². The molecule has 2 aliphatic rings. The summed E-state index contributed by atoms with van der Waals surface area (Å²) in [7, 11) is 1.70. The molecular weight excluding hydrogens is 438 g/mol. The van der Waals surface area contributed by atoms with Crippen molar-refractivity contribution >= 4 is 17.4 Å². The van der Waals surface area contributed by atoms with Crippen LogP contribution in [0.5, 0.6) is 5.75 Å². The SMILES string of the molecule is COc1ccccc1N1CCN(C(=O)C2CCN(c3ccc(-c4ccccc4C)nn3)CC2)CC1. The summed E-state index contributed by atoms with van der Waals surface area (Å²) in [6.45, 7) is 6.91. The van der Waals surface area contributed by atoms with Gasteiger partial charge in [-0.05, 0) is 49.6 Å². The second-order valence-corrected chi connectivity index (χ2v) is 9.34. The minimum atomic E-state index is 0.0864. The minimum absolute atomic E-state index is 0.0864. The third kappa shape index (κ3) is 4.94. The van der Waals surface area contributed by atoms with Gasteiger partial charge in [0, 0.05) is 50.7 Å². The van der Waals surface area contributed by atoms with Crippen LogP contribution in [0.3, 0.4) is 0 Å². The number of aryl methyl sites for hydroxylation is 1. The van der Waals surface area contributed by atoms with Gasteiger partial charge in [-0.15, -0.1) is 10.2 Å². The highest BCUT2D eigenvalue weighted by Crippen LogP contribution is 2.30. The molecule has 0 aliphatic carbocycles. The maximum Gasteiger partial charge on any atom is 0.225 e. The monoisotopic (exact) mass is 471 g/mol. The number of hydrogen-bond acceptors (Lipinski definition) is 6. The van der Waals surface area contributed by atoms with Gasteiger partial charge < -0.3 is 19.4 Å². The first-order valence-corrected chi connectivity index (χ1v) is 12.5. The van der Waals surface area contributed by atoms with E-state index in [0.717, 1.165) is 80.6 Å². The van der Waals surface area contributed by atoms with E-state index >= 15 is 0 Å². The Hall–Kier alpha value is -3.61. The highest BCUT2D eigenvalue weighted by atomic mass is 16.5. The molecule has 2 aliphatic heterocycles. The highest BCUT2D eigenvalue weighted by molar-refractivity contribution is 5.79. The summed E-state index contributed by atoms with van der Waals surface area (Å²) >= 11 is 0. The van der Waals surface area contributed by atoms with E-state index in [1.165, 1.54) is 5.56 Å². The number of methoxy groups -OCH3 is 1. The predicted octanol–water partition coefficient (Wildman–Crippen LogP) is 4.03. The summed E-state index contributed by atoms with van der Waals surface area (Å²) in [5.41, 5.74) is 4.30. The van der Waals surface area contributed by atoms with Crippen molar-refractivity contribution in [3.8, 4) is 17.0 Å². The van der Waals surface area contributed by atoms with Gasteiger partial charge in [0.15, 0.2) is 5.82 Å². The average Bonchev–Trinajstić information content (AvgIpc) is 2.93. The van der Waals surface area contributed by atoms with E-state index in [4.69, 9.17) is 4.74 Å². The molecule has 7 heteroatoms. The van der Waals surface area contributed by atoms with Crippen LogP contribution in [0.4, 0.5) is 11.5 Å². The molecule has 0 saturated carbocycles. The van der Waals surface area contributed by atoms with Crippen molar-refractivity contribution in [3.63, 3.8) is 0 Å². The summed E-state index contributed by atoms with van der Waals surface area (Å²) in [6.07, 6.45) is 1.71. The van der Waals surface area contributed by atoms with Crippen molar-refractivity contribution in [3.05, 3.63) is 66.2 Å². The van der Waals surface area contributed by atoms with Crippen LogP contribution in [0.25, 0.3) is 11.3 Å². The lowest BCUT2D eigenvalue weighted by molar-refractivity contribution is -0.136. The Morgan fingerprint density at radius 2 is 1.54 bits per heavy atom. The second-order valence-electron chi connectivity index (χ2n) is 9.34. The lowest BCUT2D eigenvalue weighted by Crippen LogP contribution is -2.51. The Morgan fingerprint density at radius 3 is 2.23 bits per heavy atom. The van der Waals surface area contributed by atoms with Crippen LogP contribution >= 0.6 is 0 Å². The number of benzene rings is 2. The number of carbonyl (C=O) groups excluding carboxylic acids is 1. The molecule has 7 nitrogen and oxygen atoms in total. The fraction of sp³-hybridized carbons (Fsp3) is 0.393. The van der Waals surface area contributed by atoms with E-state index in [1.54, 1.807) is 7.11 Å². The van der Waals surface area contributed by atoms with Gasteiger partial charge in [0.1, 0.15) is 5.75 Å². The normalized spacial score (nSPS) is 16.9. The van der Waals surface area contributed by atoms with Gasteiger partial charge in [0.25, 0.3) is 0 Å². The van der Waals surface area contributed by atoms with Crippen LogP contribution < -0.4 is 14.5 Å². The van der Waals surface area contributed by atoms with Crippen molar-refractivity contribution in [2.75, 3.05) is 56.2 Å². The average molecular weight is 472 g/mol. The molecule has 0 bridgehead atoms. The van der Waals surface area contributed by atoms with Crippen molar-refractivity contribution in [2.45, 2.75) is 19.8 Å². The number of hydrogen-bond donors (Lipinski definition) is 0. The molecule has 1 aromatic heterocycles. The van der Waals surface area contributed by atoms with Gasteiger partial charge in [0.2, 0.25) is 5.91 Å². The number of anilines is 2. The molecule has 3 heterocycles. The van der Waals surface area contributed by atoms with Gasteiger partial charge >= 0.3 is 0 Å². The van der Waals surface area contributed by atoms with Crippen LogP contribution in [-0.2, 0) is 4.79 Å². The Labute approximate surface area is 207 Å². The predicted molar refractivity (Wildman–Crippen MR) is 139 cm³/mol. The number of aromatic nitrogens is 2. The van der Waals surface area contributed by atoms with Crippen molar-refractivity contribution < 1.29 is 9.53 Å². The summed E-state index contributed by atoms with van der Waals surface area (Å²) in [5, 5.41) is 8.97. The van der Waals surface area contributed by atoms with E-state index in [0.29, 0.717) is 5.91 Å². The first kappa shape index (κ1) is 23.1. The smallest absolute Gasteiger partial charge is 0.225 e. The van der Waals surface area contributed by atoms with Gasteiger partial charge in [-0.2, -0.15) is 0 Å². The zero-order chi connectivity index (χ0) is 24.2. The zero-order valence-corrected chi connectivity index (χ0v) is 20.6. The third-order valence-electron chi connectivity index (χ3n) is 7.26. The van der Waals surface area contributed by atoms with Gasteiger partial charge in [0.05, 0.1) is 18.5 Å². The molecule has 2 saturated heterocycles. The molecular formula is C28H33N5O2. The lowest BCUT2D eigenvalue weighted by atomic mass is 9.95. The number of piperazine rings is 1. The summed E-state index contributed by atoms with van der Waals surface area (Å²) in [5.74, 6) is 2.15. The molecule has 0 unspecified atom stereocenters. The van der Waals surface area contributed by atoms with Crippen LogP contribution in [0.15, 0.2) is 60.7 Å². The zero-order valence-electron chi connectivity index (χ0n) is 20.6. The Balaban J connectivity index is 1.14. The molecule has 0 atom stereocenters.